The van der Waals surface area contributed by atoms with E-state index in [9.17, 15) is 4.79 Å². The van der Waals surface area contributed by atoms with Crippen LogP contribution in [0.15, 0.2) is 24.3 Å². The maximum atomic E-state index is 12.1. The number of carbonyl (C=O) groups is 1. The molecule has 1 fully saturated rings. The number of nitrogens with zero attached hydrogens (tertiary/aromatic N) is 1. The summed E-state index contributed by atoms with van der Waals surface area (Å²) in [6, 6.07) is 7.83. The fourth-order valence-electron chi connectivity index (χ4n) is 2.60. The molecule has 0 saturated carbocycles. The molecule has 0 radical (unpaired) electrons. The van der Waals surface area contributed by atoms with E-state index in [1.54, 1.807) is 0 Å². The Kier molecular flexibility index (Phi) is 5.38. The van der Waals surface area contributed by atoms with Crippen LogP contribution in [0.2, 0.25) is 0 Å². The van der Waals surface area contributed by atoms with Crippen molar-refractivity contribution in [1.82, 2.24) is 4.90 Å². The van der Waals surface area contributed by atoms with Gasteiger partial charge in [-0.25, -0.2) is 0 Å². The van der Waals surface area contributed by atoms with E-state index in [0.717, 1.165) is 25.1 Å². The molecule has 1 aliphatic heterocycles. The molecular weight excluding hydrogens is 254 g/mol. The zero-order valence-electron chi connectivity index (χ0n) is 12.0. The summed E-state index contributed by atoms with van der Waals surface area (Å²) < 4.78 is 5.50. The lowest BCUT2D eigenvalue weighted by atomic mass is 10.2. The Morgan fingerprint density at radius 1 is 1.50 bits per heavy atom. The number of anilines is 1. The number of rotatable bonds is 6. The fraction of sp³-hybridized carbons (Fsp3) is 0.533. The molecule has 0 aliphatic carbocycles. The second-order valence-corrected chi connectivity index (χ2v) is 4.98. The SMILES string of the molecule is CCOc1ccccc1NC(=O)CN1CCCC1CN. The topological polar surface area (TPSA) is 67.6 Å². The minimum absolute atomic E-state index is 0.0162. The maximum Gasteiger partial charge on any atom is 0.238 e. The molecule has 0 spiro atoms. The Morgan fingerprint density at radius 2 is 2.30 bits per heavy atom. The van der Waals surface area contributed by atoms with Crippen LogP contribution in [0.1, 0.15) is 19.8 Å². The van der Waals surface area contributed by atoms with Crippen LogP contribution in [0.4, 0.5) is 5.69 Å². The number of nitrogens with two attached hydrogens (primary N) is 1. The molecule has 1 heterocycles. The average molecular weight is 277 g/mol. The van der Waals surface area contributed by atoms with E-state index < -0.39 is 0 Å². The van der Waals surface area contributed by atoms with Gasteiger partial charge in [0.05, 0.1) is 18.8 Å². The normalized spacial score (nSPS) is 19.0. The molecular formula is C15H23N3O2. The molecule has 5 heteroatoms. The number of hydrogen-bond acceptors (Lipinski definition) is 4. The van der Waals surface area contributed by atoms with Crippen LogP contribution in [-0.2, 0) is 4.79 Å². The quantitative estimate of drug-likeness (QED) is 0.826. The van der Waals surface area contributed by atoms with Crippen molar-refractivity contribution in [3.8, 4) is 5.75 Å². The lowest BCUT2D eigenvalue weighted by Crippen LogP contribution is -2.40. The molecule has 1 aromatic carbocycles. The predicted octanol–water partition coefficient (Wildman–Crippen LogP) is 1.45. The first-order valence-corrected chi connectivity index (χ1v) is 7.20. The number of para-hydroxylation sites is 2. The highest BCUT2D eigenvalue weighted by Gasteiger charge is 2.25. The van der Waals surface area contributed by atoms with Crippen LogP contribution < -0.4 is 15.8 Å². The van der Waals surface area contributed by atoms with Crippen LogP contribution in [0, 0.1) is 0 Å². The van der Waals surface area contributed by atoms with E-state index >= 15 is 0 Å². The second-order valence-electron chi connectivity index (χ2n) is 4.98. The summed E-state index contributed by atoms with van der Waals surface area (Å²) in [5.41, 5.74) is 6.45. The molecule has 0 bridgehead atoms. The molecule has 0 aromatic heterocycles. The smallest absolute Gasteiger partial charge is 0.238 e. The molecule has 3 N–H and O–H groups in total. The summed E-state index contributed by atoms with van der Waals surface area (Å²) in [5.74, 6) is 0.692. The predicted molar refractivity (Wildman–Crippen MR) is 79.9 cm³/mol. The average Bonchev–Trinajstić information content (AvgIpc) is 2.88. The van der Waals surface area contributed by atoms with Gasteiger partial charge in [-0.3, -0.25) is 9.69 Å². The van der Waals surface area contributed by atoms with Gasteiger partial charge in [-0.2, -0.15) is 0 Å². The van der Waals surface area contributed by atoms with Gasteiger partial charge >= 0.3 is 0 Å². The maximum absolute atomic E-state index is 12.1. The summed E-state index contributed by atoms with van der Waals surface area (Å²) in [6.07, 6.45) is 2.20. The Labute approximate surface area is 120 Å². The van der Waals surface area contributed by atoms with Gasteiger partial charge in [-0.15, -0.1) is 0 Å². The van der Waals surface area contributed by atoms with Gasteiger partial charge in [0.2, 0.25) is 5.91 Å². The minimum atomic E-state index is -0.0162. The Bertz CT molecular complexity index is 450. The van der Waals surface area contributed by atoms with E-state index in [1.807, 2.05) is 31.2 Å². The number of likely N-dealkylation sites (tertiary alicyclic amines) is 1. The van der Waals surface area contributed by atoms with E-state index in [-0.39, 0.29) is 5.91 Å². The molecule has 1 aromatic rings. The fourth-order valence-corrected chi connectivity index (χ4v) is 2.60. The molecule has 20 heavy (non-hydrogen) atoms. The van der Waals surface area contributed by atoms with Crippen LogP contribution in [-0.4, -0.2) is 43.1 Å². The van der Waals surface area contributed by atoms with Crippen LogP contribution >= 0.6 is 0 Å². The van der Waals surface area contributed by atoms with Gasteiger partial charge in [-0.05, 0) is 38.4 Å². The van der Waals surface area contributed by atoms with Crippen LogP contribution in [0.3, 0.4) is 0 Å². The minimum Gasteiger partial charge on any atom is -0.492 e. The van der Waals surface area contributed by atoms with Crippen molar-refractivity contribution >= 4 is 11.6 Å². The Morgan fingerprint density at radius 3 is 3.05 bits per heavy atom. The molecule has 110 valence electrons. The Hall–Kier alpha value is -1.59. The van der Waals surface area contributed by atoms with Crippen molar-refractivity contribution in [3.63, 3.8) is 0 Å². The zero-order valence-corrected chi connectivity index (χ0v) is 12.0. The van der Waals surface area contributed by atoms with Gasteiger partial charge < -0.3 is 15.8 Å². The zero-order chi connectivity index (χ0) is 14.4. The molecule has 1 atom stereocenters. The third-order valence-corrected chi connectivity index (χ3v) is 3.58. The summed E-state index contributed by atoms with van der Waals surface area (Å²) in [6.45, 7) is 4.45. The van der Waals surface area contributed by atoms with Gasteiger partial charge in [0.15, 0.2) is 0 Å². The van der Waals surface area contributed by atoms with Gasteiger partial charge in [0.1, 0.15) is 5.75 Å². The van der Waals surface area contributed by atoms with Gasteiger partial charge in [0.25, 0.3) is 0 Å². The summed E-state index contributed by atoms with van der Waals surface area (Å²) in [4.78, 5) is 14.3. The molecule has 1 saturated heterocycles. The van der Waals surface area contributed by atoms with Crippen molar-refractivity contribution in [2.24, 2.45) is 5.73 Å². The number of ether oxygens (including phenoxy) is 1. The number of amides is 1. The number of nitrogens with one attached hydrogen (secondary N) is 1. The molecule has 5 nitrogen and oxygen atoms in total. The number of hydrogen-bond donors (Lipinski definition) is 2. The summed E-state index contributed by atoms with van der Waals surface area (Å²) >= 11 is 0. The highest BCUT2D eigenvalue weighted by molar-refractivity contribution is 5.93. The number of benzene rings is 1. The first-order valence-electron chi connectivity index (χ1n) is 7.20. The van der Waals surface area contributed by atoms with Crippen molar-refractivity contribution in [3.05, 3.63) is 24.3 Å². The second kappa shape index (κ2) is 7.26. The first kappa shape index (κ1) is 14.8. The van der Waals surface area contributed by atoms with E-state index in [0.29, 0.717) is 31.5 Å². The Balaban J connectivity index is 1.94. The first-order chi connectivity index (χ1) is 9.74. The molecule has 1 amide bonds. The third-order valence-electron chi connectivity index (χ3n) is 3.58. The summed E-state index contributed by atoms with van der Waals surface area (Å²) in [5, 5.41) is 2.92. The lowest BCUT2D eigenvalue weighted by molar-refractivity contribution is -0.117. The highest BCUT2D eigenvalue weighted by Crippen LogP contribution is 2.24. The van der Waals surface area contributed by atoms with E-state index in [4.69, 9.17) is 10.5 Å². The molecule has 1 unspecified atom stereocenters. The van der Waals surface area contributed by atoms with E-state index in [2.05, 4.69) is 10.2 Å². The van der Waals surface area contributed by atoms with Crippen molar-refractivity contribution < 1.29 is 9.53 Å². The molecule has 2 rings (SSSR count). The largest absolute Gasteiger partial charge is 0.492 e. The van der Waals surface area contributed by atoms with Gasteiger partial charge in [-0.1, -0.05) is 12.1 Å². The molecule has 1 aliphatic rings. The van der Waals surface area contributed by atoms with Crippen molar-refractivity contribution in [2.45, 2.75) is 25.8 Å². The van der Waals surface area contributed by atoms with Crippen molar-refractivity contribution in [1.29, 1.82) is 0 Å². The third kappa shape index (κ3) is 3.71. The van der Waals surface area contributed by atoms with E-state index in [1.165, 1.54) is 0 Å². The monoisotopic (exact) mass is 277 g/mol. The van der Waals surface area contributed by atoms with Crippen molar-refractivity contribution in [2.75, 3.05) is 31.6 Å². The highest BCUT2D eigenvalue weighted by atomic mass is 16.5. The summed E-state index contributed by atoms with van der Waals surface area (Å²) in [7, 11) is 0. The standard InChI is InChI=1S/C15H23N3O2/c1-2-20-14-8-4-3-7-13(14)17-15(19)11-18-9-5-6-12(18)10-16/h3-4,7-8,12H,2,5-6,9-11,16H2,1H3,(H,17,19). The lowest BCUT2D eigenvalue weighted by Gasteiger charge is -2.22. The van der Waals surface area contributed by atoms with Gasteiger partial charge in [0, 0.05) is 12.6 Å². The van der Waals surface area contributed by atoms with Crippen LogP contribution in [0.5, 0.6) is 5.75 Å². The van der Waals surface area contributed by atoms with Crippen LogP contribution in [0.25, 0.3) is 0 Å². The number of carbonyl (C=O) groups excluding carboxylic acids is 1.